The van der Waals surface area contributed by atoms with Gasteiger partial charge >= 0.3 is 5.97 Å². The molecule has 0 aliphatic heterocycles. The Kier molecular flexibility index (Phi) is 6.99. The normalized spacial score (nSPS) is 12.4. The van der Waals surface area contributed by atoms with Gasteiger partial charge in [-0.05, 0) is 50.6 Å². The van der Waals surface area contributed by atoms with E-state index < -0.39 is 28.0 Å². The van der Waals surface area contributed by atoms with Crippen molar-refractivity contribution in [2.75, 3.05) is 19.4 Å². The standard InChI is InChI=1S/C23H25N3O6S/c1-14-11-12-18(33(29,30)26(4)5)13-19(14)24-21(27)16(3)32-23(28)20-15(2)31-22(25-20)17-9-7-6-8-10-17/h6-13,16H,1-5H3,(H,24,27). The van der Waals surface area contributed by atoms with Crippen LogP contribution in [0, 0.1) is 13.8 Å². The molecule has 3 rings (SSSR count). The Labute approximate surface area is 192 Å². The lowest BCUT2D eigenvalue weighted by Crippen LogP contribution is -2.30. The summed E-state index contributed by atoms with van der Waals surface area (Å²) in [6.45, 7) is 4.72. The molecule has 0 aliphatic carbocycles. The van der Waals surface area contributed by atoms with Crippen LogP contribution in [-0.4, -0.2) is 49.8 Å². The van der Waals surface area contributed by atoms with Crippen molar-refractivity contribution < 1.29 is 27.2 Å². The monoisotopic (exact) mass is 471 g/mol. The van der Waals surface area contributed by atoms with Crippen LogP contribution in [0.3, 0.4) is 0 Å². The Hall–Kier alpha value is -3.50. The van der Waals surface area contributed by atoms with Gasteiger partial charge in [0.05, 0.1) is 4.90 Å². The topological polar surface area (TPSA) is 119 Å². The molecule has 0 radical (unpaired) electrons. The first kappa shape index (κ1) is 24.1. The Bertz CT molecular complexity index is 1280. The average Bonchev–Trinajstić information content (AvgIpc) is 3.17. The smallest absolute Gasteiger partial charge is 0.361 e. The third-order valence-electron chi connectivity index (χ3n) is 4.91. The van der Waals surface area contributed by atoms with Crippen LogP contribution in [0.15, 0.2) is 57.8 Å². The van der Waals surface area contributed by atoms with Crippen molar-refractivity contribution in [2.24, 2.45) is 0 Å². The third kappa shape index (κ3) is 5.29. The lowest BCUT2D eigenvalue weighted by atomic mass is 10.2. The van der Waals surface area contributed by atoms with Gasteiger partial charge in [-0.25, -0.2) is 22.5 Å². The van der Waals surface area contributed by atoms with Crippen molar-refractivity contribution in [3.63, 3.8) is 0 Å². The SMILES string of the molecule is Cc1ccc(S(=O)(=O)N(C)C)cc1NC(=O)C(C)OC(=O)c1nc(-c2ccccc2)oc1C. The first-order chi connectivity index (χ1) is 15.5. The van der Waals surface area contributed by atoms with Crippen LogP contribution in [0.4, 0.5) is 5.69 Å². The molecule has 9 nitrogen and oxygen atoms in total. The number of esters is 1. The van der Waals surface area contributed by atoms with Crippen molar-refractivity contribution in [1.29, 1.82) is 0 Å². The number of anilines is 1. The molecule has 0 saturated heterocycles. The molecular formula is C23H25N3O6S. The predicted molar refractivity (Wildman–Crippen MR) is 122 cm³/mol. The highest BCUT2D eigenvalue weighted by Gasteiger charge is 2.25. The summed E-state index contributed by atoms with van der Waals surface area (Å²) in [6, 6.07) is 13.5. The predicted octanol–water partition coefficient (Wildman–Crippen LogP) is 3.39. The number of carbonyl (C=O) groups excluding carboxylic acids is 2. The Morgan fingerprint density at radius 3 is 2.39 bits per heavy atom. The van der Waals surface area contributed by atoms with Gasteiger partial charge in [-0.3, -0.25) is 4.79 Å². The zero-order chi connectivity index (χ0) is 24.3. The molecule has 1 atom stereocenters. The molecule has 0 saturated carbocycles. The molecule has 174 valence electrons. The minimum absolute atomic E-state index is 0.0243. The summed E-state index contributed by atoms with van der Waals surface area (Å²) < 4.78 is 36.7. The zero-order valence-corrected chi connectivity index (χ0v) is 19.8. The van der Waals surface area contributed by atoms with Gasteiger partial charge in [-0.1, -0.05) is 24.3 Å². The number of aryl methyl sites for hydroxylation is 2. The minimum atomic E-state index is -3.67. The fourth-order valence-electron chi connectivity index (χ4n) is 2.90. The number of oxazole rings is 1. The first-order valence-electron chi connectivity index (χ1n) is 10.1. The van der Waals surface area contributed by atoms with Crippen molar-refractivity contribution in [1.82, 2.24) is 9.29 Å². The highest BCUT2D eigenvalue weighted by molar-refractivity contribution is 7.89. The van der Waals surface area contributed by atoms with E-state index in [-0.39, 0.29) is 22.2 Å². The van der Waals surface area contributed by atoms with Crippen LogP contribution < -0.4 is 5.32 Å². The molecule has 3 aromatic rings. The number of nitrogens with one attached hydrogen (secondary N) is 1. The van der Waals surface area contributed by atoms with Crippen LogP contribution in [0.1, 0.15) is 28.7 Å². The number of nitrogens with zero attached hydrogens (tertiary/aromatic N) is 2. The highest BCUT2D eigenvalue weighted by Crippen LogP contribution is 2.24. The van der Waals surface area contributed by atoms with Gasteiger partial charge in [0.15, 0.2) is 11.8 Å². The van der Waals surface area contributed by atoms with E-state index in [1.807, 2.05) is 18.2 Å². The van der Waals surface area contributed by atoms with Crippen LogP contribution >= 0.6 is 0 Å². The Morgan fingerprint density at radius 2 is 1.76 bits per heavy atom. The van der Waals surface area contributed by atoms with Crippen LogP contribution in [0.25, 0.3) is 11.5 Å². The molecule has 10 heteroatoms. The fraction of sp³-hybridized carbons (Fsp3) is 0.261. The fourth-order valence-corrected chi connectivity index (χ4v) is 3.83. The molecule has 0 spiro atoms. The number of carbonyl (C=O) groups is 2. The van der Waals surface area contributed by atoms with Crippen LogP contribution in [0.5, 0.6) is 0 Å². The zero-order valence-electron chi connectivity index (χ0n) is 18.9. The minimum Gasteiger partial charge on any atom is -0.448 e. The largest absolute Gasteiger partial charge is 0.448 e. The molecule has 0 aliphatic rings. The highest BCUT2D eigenvalue weighted by atomic mass is 32.2. The molecule has 1 unspecified atom stereocenters. The molecule has 2 aromatic carbocycles. The summed E-state index contributed by atoms with van der Waals surface area (Å²) in [5.41, 5.74) is 1.63. The van der Waals surface area contributed by atoms with Gasteiger partial charge in [-0.15, -0.1) is 0 Å². The summed E-state index contributed by atoms with van der Waals surface area (Å²) in [5, 5.41) is 2.62. The van der Waals surface area contributed by atoms with E-state index in [0.29, 0.717) is 16.8 Å². The molecule has 1 N–H and O–H groups in total. The lowest BCUT2D eigenvalue weighted by Gasteiger charge is -2.16. The maximum absolute atomic E-state index is 12.6. The number of hydrogen-bond acceptors (Lipinski definition) is 7. The summed E-state index contributed by atoms with van der Waals surface area (Å²) in [5.74, 6) is -0.882. The molecule has 1 heterocycles. The molecule has 1 aromatic heterocycles. The van der Waals surface area contributed by atoms with E-state index in [1.54, 1.807) is 32.0 Å². The maximum atomic E-state index is 12.6. The second-order valence-electron chi connectivity index (χ2n) is 7.59. The summed E-state index contributed by atoms with van der Waals surface area (Å²) in [7, 11) is -0.833. The van der Waals surface area contributed by atoms with Gasteiger partial charge in [0.2, 0.25) is 15.9 Å². The van der Waals surface area contributed by atoms with Crippen LogP contribution in [0.2, 0.25) is 0 Å². The molecule has 1 amide bonds. The van der Waals surface area contributed by atoms with E-state index in [2.05, 4.69) is 10.3 Å². The summed E-state index contributed by atoms with van der Waals surface area (Å²) in [6.07, 6.45) is -1.16. The second kappa shape index (κ2) is 9.55. The van der Waals surface area contributed by atoms with E-state index in [4.69, 9.17) is 9.15 Å². The third-order valence-corrected chi connectivity index (χ3v) is 6.72. The lowest BCUT2D eigenvalue weighted by molar-refractivity contribution is -0.123. The molecule has 0 bridgehead atoms. The van der Waals surface area contributed by atoms with E-state index >= 15 is 0 Å². The maximum Gasteiger partial charge on any atom is 0.361 e. The van der Waals surface area contributed by atoms with Gasteiger partial charge in [0.1, 0.15) is 5.76 Å². The number of rotatable bonds is 7. The van der Waals surface area contributed by atoms with Crippen molar-refractivity contribution in [2.45, 2.75) is 31.8 Å². The number of hydrogen-bond donors (Lipinski definition) is 1. The van der Waals surface area contributed by atoms with Gasteiger partial charge in [0, 0.05) is 25.3 Å². The molecule has 0 fully saturated rings. The molecule has 33 heavy (non-hydrogen) atoms. The summed E-state index contributed by atoms with van der Waals surface area (Å²) in [4.78, 5) is 29.5. The second-order valence-corrected chi connectivity index (χ2v) is 9.74. The number of aromatic nitrogens is 1. The quantitative estimate of drug-likeness (QED) is 0.525. The Morgan fingerprint density at radius 1 is 1.09 bits per heavy atom. The number of ether oxygens (including phenoxy) is 1. The van der Waals surface area contributed by atoms with Gasteiger partial charge < -0.3 is 14.5 Å². The number of benzene rings is 2. The van der Waals surface area contributed by atoms with Gasteiger partial charge in [-0.2, -0.15) is 0 Å². The van der Waals surface area contributed by atoms with E-state index in [1.165, 1.54) is 33.2 Å². The van der Waals surface area contributed by atoms with Gasteiger partial charge in [0.25, 0.3) is 5.91 Å². The molecular weight excluding hydrogens is 446 g/mol. The first-order valence-corrected chi connectivity index (χ1v) is 11.5. The van der Waals surface area contributed by atoms with Crippen molar-refractivity contribution in [3.05, 3.63) is 65.5 Å². The number of amides is 1. The summed E-state index contributed by atoms with van der Waals surface area (Å²) >= 11 is 0. The van der Waals surface area contributed by atoms with Crippen molar-refractivity contribution >= 4 is 27.6 Å². The van der Waals surface area contributed by atoms with E-state index in [0.717, 1.165) is 4.31 Å². The van der Waals surface area contributed by atoms with Crippen LogP contribution in [-0.2, 0) is 19.6 Å². The number of sulfonamides is 1. The van der Waals surface area contributed by atoms with E-state index in [9.17, 15) is 18.0 Å². The Balaban J connectivity index is 1.73. The average molecular weight is 472 g/mol. The van der Waals surface area contributed by atoms with Crippen molar-refractivity contribution in [3.8, 4) is 11.5 Å².